The van der Waals surface area contributed by atoms with Crippen molar-refractivity contribution in [2.75, 3.05) is 0 Å². The molecule has 0 radical (unpaired) electrons. The summed E-state index contributed by atoms with van der Waals surface area (Å²) in [5, 5.41) is 1.09. The van der Waals surface area contributed by atoms with Gasteiger partial charge in [-0.05, 0) is 18.6 Å². The molecular weight excluding hydrogens is 257 g/mol. The van der Waals surface area contributed by atoms with Crippen molar-refractivity contribution in [1.82, 2.24) is 14.5 Å². The number of aromatic nitrogens is 3. The molecule has 0 unspecified atom stereocenters. The van der Waals surface area contributed by atoms with Crippen LogP contribution >= 0.6 is 23.2 Å². The highest BCUT2D eigenvalue weighted by molar-refractivity contribution is 6.32. The van der Waals surface area contributed by atoms with Crippen molar-refractivity contribution >= 4 is 23.2 Å². The molecule has 0 atom stereocenters. The summed E-state index contributed by atoms with van der Waals surface area (Å²) in [6.07, 6.45) is 5.74. The fourth-order valence-corrected chi connectivity index (χ4v) is 2.00. The Morgan fingerprint density at radius 3 is 2.88 bits per heavy atom. The molecule has 2 aromatic rings. The first-order chi connectivity index (χ1) is 8.20. The number of rotatable bonds is 4. The van der Waals surface area contributed by atoms with Crippen molar-refractivity contribution in [1.29, 1.82) is 0 Å². The Morgan fingerprint density at radius 1 is 1.29 bits per heavy atom. The highest BCUT2D eigenvalue weighted by Gasteiger charge is 2.07. The van der Waals surface area contributed by atoms with E-state index in [4.69, 9.17) is 23.2 Å². The second kappa shape index (κ2) is 5.52. The van der Waals surface area contributed by atoms with E-state index in [2.05, 4.69) is 16.9 Å². The fraction of sp³-hybridized carbons (Fsp3) is 0.333. The third-order valence-electron chi connectivity index (χ3n) is 2.48. The normalized spacial score (nSPS) is 10.8. The predicted octanol–water partition coefficient (Wildman–Crippen LogP) is 3.59. The number of imidazole rings is 1. The zero-order valence-corrected chi connectivity index (χ0v) is 11.0. The Labute approximate surface area is 110 Å². The summed E-state index contributed by atoms with van der Waals surface area (Å²) in [7, 11) is 0. The Morgan fingerprint density at radius 2 is 2.12 bits per heavy atom. The van der Waals surface area contributed by atoms with Gasteiger partial charge in [0.1, 0.15) is 11.0 Å². The van der Waals surface area contributed by atoms with E-state index in [-0.39, 0.29) is 0 Å². The Balaban J connectivity index is 2.25. The van der Waals surface area contributed by atoms with Gasteiger partial charge in [0.15, 0.2) is 0 Å². The first-order valence-electron chi connectivity index (χ1n) is 5.51. The molecule has 0 saturated carbocycles. The smallest absolute Gasteiger partial charge is 0.129 e. The van der Waals surface area contributed by atoms with Crippen molar-refractivity contribution in [3.05, 3.63) is 46.2 Å². The second-order valence-electron chi connectivity index (χ2n) is 3.78. The third-order valence-corrected chi connectivity index (χ3v) is 3.03. The molecule has 2 heterocycles. The van der Waals surface area contributed by atoms with Gasteiger partial charge in [-0.25, -0.2) is 9.97 Å². The maximum atomic E-state index is 6.09. The Kier molecular flexibility index (Phi) is 4.02. The van der Waals surface area contributed by atoms with Crippen LogP contribution in [0.5, 0.6) is 0 Å². The monoisotopic (exact) mass is 269 g/mol. The maximum absolute atomic E-state index is 6.09. The first kappa shape index (κ1) is 12.4. The average Bonchev–Trinajstić information content (AvgIpc) is 2.72. The summed E-state index contributed by atoms with van der Waals surface area (Å²) in [5.41, 5.74) is 0.773. The molecule has 90 valence electrons. The van der Waals surface area contributed by atoms with E-state index in [1.807, 2.05) is 10.8 Å². The van der Waals surface area contributed by atoms with Crippen LogP contribution < -0.4 is 0 Å². The summed E-state index contributed by atoms with van der Waals surface area (Å²) in [6.45, 7) is 2.73. The largest absolute Gasteiger partial charge is 0.329 e. The molecule has 0 fully saturated rings. The molecule has 0 amide bonds. The minimum atomic E-state index is 0.460. The SMILES string of the molecule is CCCc1nccn1Cc1nc(Cl)ccc1Cl. The molecule has 5 heteroatoms. The van der Waals surface area contributed by atoms with Gasteiger partial charge in [-0.2, -0.15) is 0 Å². The van der Waals surface area contributed by atoms with Crippen LogP contribution in [0.4, 0.5) is 0 Å². The van der Waals surface area contributed by atoms with Gasteiger partial charge in [-0.3, -0.25) is 0 Å². The van der Waals surface area contributed by atoms with Gasteiger partial charge in [-0.1, -0.05) is 30.1 Å². The van der Waals surface area contributed by atoms with Crippen molar-refractivity contribution in [3.63, 3.8) is 0 Å². The average molecular weight is 270 g/mol. The maximum Gasteiger partial charge on any atom is 0.129 e. The van der Waals surface area contributed by atoms with Gasteiger partial charge in [0.25, 0.3) is 0 Å². The first-order valence-corrected chi connectivity index (χ1v) is 6.27. The van der Waals surface area contributed by atoms with Gasteiger partial charge in [-0.15, -0.1) is 0 Å². The number of hydrogen-bond acceptors (Lipinski definition) is 2. The van der Waals surface area contributed by atoms with Gasteiger partial charge in [0.2, 0.25) is 0 Å². The minimum Gasteiger partial charge on any atom is -0.329 e. The molecule has 17 heavy (non-hydrogen) atoms. The van der Waals surface area contributed by atoms with E-state index >= 15 is 0 Å². The summed E-state index contributed by atoms with van der Waals surface area (Å²) >= 11 is 12.0. The van der Waals surface area contributed by atoms with Crippen LogP contribution in [-0.4, -0.2) is 14.5 Å². The lowest BCUT2D eigenvalue weighted by Gasteiger charge is -2.08. The zero-order valence-electron chi connectivity index (χ0n) is 9.53. The minimum absolute atomic E-state index is 0.460. The van der Waals surface area contributed by atoms with Crippen molar-refractivity contribution in [2.24, 2.45) is 0 Å². The van der Waals surface area contributed by atoms with Crippen molar-refractivity contribution < 1.29 is 0 Å². The van der Waals surface area contributed by atoms with Crippen LogP contribution in [0.3, 0.4) is 0 Å². The van der Waals surface area contributed by atoms with Gasteiger partial charge in [0, 0.05) is 18.8 Å². The molecule has 0 spiro atoms. The standard InChI is InChI=1S/C12H13Cl2N3/c1-2-3-12-15-6-7-17(12)8-10-9(13)4-5-11(14)16-10/h4-7H,2-3,8H2,1H3. The van der Waals surface area contributed by atoms with E-state index in [0.29, 0.717) is 16.7 Å². The topological polar surface area (TPSA) is 30.7 Å². The van der Waals surface area contributed by atoms with Crippen molar-refractivity contribution in [3.8, 4) is 0 Å². The number of pyridine rings is 1. The number of halogens is 2. The van der Waals surface area contributed by atoms with Crippen LogP contribution in [-0.2, 0) is 13.0 Å². The van der Waals surface area contributed by atoms with Crippen LogP contribution in [0.15, 0.2) is 24.5 Å². The zero-order chi connectivity index (χ0) is 12.3. The predicted molar refractivity (Wildman–Crippen MR) is 69.6 cm³/mol. The number of aryl methyl sites for hydroxylation is 1. The molecule has 2 rings (SSSR count). The Bertz CT molecular complexity index is 508. The van der Waals surface area contributed by atoms with Gasteiger partial charge in [0.05, 0.1) is 17.3 Å². The van der Waals surface area contributed by atoms with Gasteiger partial charge < -0.3 is 4.57 Å². The lowest BCUT2D eigenvalue weighted by molar-refractivity contribution is 0.693. The fourth-order valence-electron chi connectivity index (χ4n) is 1.67. The van der Waals surface area contributed by atoms with E-state index in [1.54, 1.807) is 18.3 Å². The molecule has 0 saturated heterocycles. The lowest BCUT2D eigenvalue weighted by Crippen LogP contribution is -2.06. The molecule has 2 aromatic heterocycles. The van der Waals surface area contributed by atoms with E-state index in [0.717, 1.165) is 24.4 Å². The van der Waals surface area contributed by atoms with E-state index in [1.165, 1.54) is 0 Å². The third kappa shape index (κ3) is 2.99. The summed E-state index contributed by atoms with van der Waals surface area (Å²) < 4.78 is 2.05. The molecule has 0 N–H and O–H groups in total. The van der Waals surface area contributed by atoms with E-state index in [9.17, 15) is 0 Å². The van der Waals surface area contributed by atoms with Crippen LogP contribution in [0.1, 0.15) is 24.9 Å². The summed E-state index contributed by atoms with van der Waals surface area (Å²) in [5.74, 6) is 1.05. The summed E-state index contributed by atoms with van der Waals surface area (Å²) in [6, 6.07) is 3.46. The second-order valence-corrected chi connectivity index (χ2v) is 4.58. The highest BCUT2D eigenvalue weighted by Crippen LogP contribution is 2.18. The molecule has 3 nitrogen and oxygen atoms in total. The van der Waals surface area contributed by atoms with Crippen molar-refractivity contribution in [2.45, 2.75) is 26.3 Å². The molecule has 0 aliphatic rings. The molecule has 0 aromatic carbocycles. The molecule has 0 aliphatic heterocycles. The van der Waals surface area contributed by atoms with Crippen LogP contribution in [0.2, 0.25) is 10.2 Å². The highest BCUT2D eigenvalue weighted by atomic mass is 35.5. The number of hydrogen-bond donors (Lipinski definition) is 0. The molecular formula is C12H13Cl2N3. The Hall–Kier alpha value is -1.06. The molecule has 0 bridgehead atoms. The van der Waals surface area contributed by atoms with E-state index < -0.39 is 0 Å². The quantitative estimate of drug-likeness (QED) is 0.795. The summed E-state index contributed by atoms with van der Waals surface area (Å²) in [4.78, 5) is 8.55. The molecule has 0 aliphatic carbocycles. The van der Waals surface area contributed by atoms with Crippen LogP contribution in [0, 0.1) is 0 Å². The van der Waals surface area contributed by atoms with Crippen LogP contribution in [0.25, 0.3) is 0 Å². The van der Waals surface area contributed by atoms with Gasteiger partial charge >= 0.3 is 0 Å². The number of nitrogens with zero attached hydrogens (tertiary/aromatic N) is 3. The lowest BCUT2D eigenvalue weighted by atomic mass is 10.3.